The average Bonchev–Trinajstić information content (AvgIpc) is 2.50. The maximum atomic E-state index is 12.3. The molecule has 1 aliphatic rings. The van der Waals surface area contributed by atoms with Crippen molar-refractivity contribution in [3.63, 3.8) is 0 Å². The van der Waals surface area contributed by atoms with Crippen LogP contribution >= 0.6 is 12.4 Å². The Balaban J connectivity index is 0.00000242. The van der Waals surface area contributed by atoms with Crippen molar-refractivity contribution in [3.8, 4) is 5.75 Å². The molecular formula is C17H27ClN2O2. The predicted molar refractivity (Wildman–Crippen MR) is 92.0 cm³/mol. The number of nitrogens with one attached hydrogen (secondary N) is 2. The van der Waals surface area contributed by atoms with Gasteiger partial charge in [-0.2, -0.15) is 0 Å². The molecule has 1 heterocycles. The smallest absolute Gasteiger partial charge is 0.251 e. The summed E-state index contributed by atoms with van der Waals surface area (Å²) in [5.74, 6) is 1.32. The Morgan fingerprint density at radius 1 is 1.41 bits per heavy atom. The molecule has 0 aliphatic carbocycles. The number of hydrogen-bond acceptors (Lipinski definition) is 3. The molecule has 0 bridgehead atoms. The molecule has 4 nitrogen and oxygen atoms in total. The Labute approximate surface area is 139 Å². The van der Waals surface area contributed by atoms with E-state index in [2.05, 4.69) is 24.5 Å². The van der Waals surface area contributed by atoms with Crippen LogP contribution in [0, 0.1) is 5.92 Å². The predicted octanol–water partition coefficient (Wildman–Crippen LogP) is 3.01. The molecule has 0 aromatic heterocycles. The van der Waals surface area contributed by atoms with Gasteiger partial charge in [0.25, 0.3) is 5.91 Å². The van der Waals surface area contributed by atoms with Gasteiger partial charge in [-0.3, -0.25) is 4.79 Å². The van der Waals surface area contributed by atoms with E-state index in [0.29, 0.717) is 11.5 Å². The van der Waals surface area contributed by atoms with E-state index in [0.717, 1.165) is 31.7 Å². The number of carbonyl (C=O) groups is 1. The van der Waals surface area contributed by atoms with E-state index in [9.17, 15) is 4.79 Å². The SMILES string of the molecule is CCC(C)Oc1ccc(C(=O)NC2CNCCC2C)cc1.Cl. The van der Waals surface area contributed by atoms with Gasteiger partial charge in [0.05, 0.1) is 6.10 Å². The summed E-state index contributed by atoms with van der Waals surface area (Å²) in [5, 5.41) is 6.44. The molecule has 2 N–H and O–H groups in total. The molecule has 1 fully saturated rings. The first kappa shape index (κ1) is 18.8. The molecule has 1 aromatic rings. The molecule has 3 atom stereocenters. The maximum Gasteiger partial charge on any atom is 0.251 e. The molecule has 1 amide bonds. The van der Waals surface area contributed by atoms with Crippen molar-refractivity contribution in [1.82, 2.24) is 10.6 Å². The molecule has 124 valence electrons. The third-order valence-electron chi connectivity index (χ3n) is 4.17. The second-order valence-electron chi connectivity index (χ2n) is 5.91. The van der Waals surface area contributed by atoms with Crippen molar-refractivity contribution in [3.05, 3.63) is 29.8 Å². The minimum Gasteiger partial charge on any atom is -0.491 e. The summed E-state index contributed by atoms with van der Waals surface area (Å²) in [5.41, 5.74) is 0.685. The van der Waals surface area contributed by atoms with E-state index in [4.69, 9.17) is 4.74 Å². The van der Waals surface area contributed by atoms with Crippen molar-refractivity contribution < 1.29 is 9.53 Å². The molecule has 1 aliphatic heterocycles. The topological polar surface area (TPSA) is 50.4 Å². The highest BCUT2D eigenvalue weighted by molar-refractivity contribution is 5.94. The molecule has 0 saturated carbocycles. The van der Waals surface area contributed by atoms with Crippen molar-refractivity contribution >= 4 is 18.3 Å². The monoisotopic (exact) mass is 326 g/mol. The minimum absolute atomic E-state index is 0. The van der Waals surface area contributed by atoms with Crippen LogP contribution in [0.1, 0.15) is 44.0 Å². The van der Waals surface area contributed by atoms with Crippen LogP contribution in [0.25, 0.3) is 0 Å². The summed E-state index contributed by atoms with van der Waals surface area (Å²) < 4.78 is 5.72. The van der Waals surface area contributed by atoms with Gasteiger partial charge >= 0.3 is 0 Å². The largest absolute Gasteiger partial charge is 0.491 e. The van der Waals surface area contributed by atoms with Gasteiger partial charge in [0, 0.05) is 18.2 Å². The number of ether oxygens (including phenoxy) is 1. The number of benzene rings is 1. The first-order valence-corrected chi connectivity index (χ1v) is 7.88. The third kappa shape index (κ3) is 5.18. The molecule has 1 aromatic carbocycles. The van der Waals surface area contributed by atoms with Gasteiger partial charge in [-0.15, -0.1) is 12.4 Å². The van der Waals surface area contributed by atoms with Crippen LogP contribution in [-0.2, 0) is 0 Å². The van der Waals surface area contributed by atoms with E-state index >= 15 is 0 Å². The van der Waals surface area contributed by atoms with Gasteiger partial charge in [0.1, 0.15) is 5.75 Å². The van der Waals surface area contributed by atoms with Gasteiger partial charge in [-0.1, -0.05) is 13.8 Å². The van der Waals surface area contributed by atoms with Gasteiger partial charge < -0.3 is 15.4 Å². The normalized spacial score (nSPS) is 22.3. The van der Waals surface area contributed by atoms with Crippen LogP contribution in [0.15, 0.2) is 24.3 Å². The second kappa shape index (κ2) is 9.01. The van der Waals surface area contributed by atoms with E-state index in [1.807, 2.05) is 31.2 Å². The second-order valence-corrected chi connectivity index (χ2v) is 5.91. The molecule has 2 rings (SSSR count). The number of hydrogen-bond donors (Lipinski definition) is 2. The lowest BCUT2D eigenvalue weighted by Gasteiger charge is -2.30. The van der Waals surface area contributed by atoms with Crippen LogP contribution in [0.3, 0.4) is 0 Å². The van der Waals surface area contributed by atoms with Crippen molar-refractivity contribution in [2.24, 2.45) is 5.92 Å². The number of amides is 1. The fraction of sp³-hybridized carbons (Fsp3) is 0.588. The minimum atomic E-state index is -0.00867. The summed E-state index contributed by atoms with van der Waals surface area (Å²) in [7, 11) is 0. The Hall–Kier alpha value is -1.26. The Kier molecular flexibility index (Phi) is 7.69. The Bertz CT molecular complexity index is 464. The lowest BCUT2D eigenvalue weighted by molar-refractivity contribution is 0.0915. The van der Waals surface area contributed by atoms with E-state index in [1.165, 1.54) is 0 Å². The number of halogens is 1. The molecular weight excluding hydrogens is 300 g/mol. The zero-order chi connectivity index (χ0) is 15.2. The summed E-state index contributed by atoms with van der Waals surface area (Å²) in [6.45, 7) is 8.20. The maximum absolute atomic E-state index is 12.3. The highest BCUT2D eigenvalue weighted by Gasteiger charge is 2.22. The Morgan fingerprint density at radius 2 is 2.09 bits per heavy atom. The van der Waals surface area contributed by atoms with Crippen LogP contribution in [0.4, 0.5) is 0 Å². The van der Waals surface area contributed by atoms with Crippen molar-refractivity contribution in [2.75, 3.05) is 13.1 Å². The van der Waals surface area contributed by atoms with Crippen LogP contribution in [0.2, 0.25) is 0 Å². The standard InChI is InChI=1S/C17H26N2O2.ClH/c1-4-13(3)21-15-7-5-14(6-8-15)17(20)19-16-11-18-10-9-12(16)2;/h5-8,12-13,16,18H,4,9-11H2,1-3H3,(H,19,20);1H. The first-order valence-electron chi connectivity index (χ1n) is 7.88. The first-order chi connectivity index (χ1) is 10.1. The number of piperidine rings is 1. The van der Waals surface area contributed by atoms with Gasteiger partial charge in [-0.05, 0) is 56.5 Å². The van der Waals surface area contributed by atoms with E-state index < -0.39 is 0 Å². The number of rotatable bonds is 5. The van der Waals surface area contributed by atoms with Crippen LogP contribution in [0.5, 0.6) is 5.75 Å². The van der Waals surface area contributed by atoms with E-state index in [-0.39, 0.29) is 30.5 Å². The summed E-state index contributed by atoms with van der Waals surface area (Å²) in [6, 6.07) is 7.59. The molecule has 3 unspecified atom stereocenters. The summed E-state index contributed by atoms with van der Waals surface area (Å²) in [4.78, 5) is 12.3. The van der Waals surface area contributed by atoms with E-state index in [1.54, 1.807) is 0 Å². The van der Waals surface area contributed by atoms with Crippen LogP contribution in [-0.4, -0.2) is 31.1 Å². The number of carbonyl (C=O) groups excluding carboxylic acids is 1. The fourth-order valence-electron chi connectivity index (χ4n) is 2.44. The Morgan fingerprint density at radius 3 is 2.68 bits per heavy atom. The molecule has 0 radical (unpaired) electrons. The van der Waals surface area contributed by atoms with Gasteiger partial charge in [0.15, 0.2) is 0 Å². The van der Waals surface area contributed by atoms with Crippen molar-refractivity contribution in [1.29, 1.82) is 0 Å². The molecule has 0 spiro atoms. The molecule has 1 saturated heterocycles. The summed E-state index contributed by atoms with van der Waals surface area (Å²) >= 11 is 0. The lowest BCUT2D eigenvalue weighted by atomic mass is 9.94. The highest BCUT2D eigenvalue weighted by atomic mass is 35.5. The third-order valence-corrected chi connectivity index (χ3v) is 4.17. The summed E-state index contributed by atoms with van der Waals surface area (Å²) in [6.07, 6.45) is 2.26. The zero-order valence-corrected chi connectivity index (χ0v) is 14.4. The zero-order valence-electron chi connectivity index (χ0n) is 13.6. The van der Waals surface area contributed by atoms with Crippen molar-refractivity contribution in [2.45, 2.75) is 45.8 Å². The fourth-order valence-corrected chi connectivity index (χ4v) is 2.44. The van der Waals surface area contributed by atoms with Gasteiger partial charge in [0.2, 0.25) is 0 Å². The quantitative estimate of drug-likeness (QED) is 0.874. The van der Waals surface area contributed by atoms with Gasteiger partial charge in [-0.25, -0.2) is 0 Å². The average molecular weight is 327 g/mol. The highest BCUT2D eigenvalue weighted by Crippen LogP contribution is 2.16. The molecule has 22 heavy (non-hydrogen) atoms. The molecule has 5 heteroatoms. The lowest BCUT2D eigenvalue weighted by Crippen LogP contribution is -2.50. The van der Waals surface area contributed by atoms with Crippen LogP contribution < -0.4 is 15.4 Å².